The first-order valence-corrected chi connectivity index (χ1v) is 9.05. The summed E-state index contributed by atoms with van der Waals surface area (Å²) >= 11 is 0. The lowest BCUT2D eigenvalue weighted by Gasteiger charge is -2.27. The van der Waals surface area contributed by atoms with Crippen LogP contribution in [0.15, 0.2) is 65.5 Å². The molecule has 6 heteroatoms. The highest BCUT2D eigenvalue weighted by Crippen LogP contribution is 2.25. The Morgan fingerprint density at radius 2 is 2.00 bits per heavy atom. The molecular weight excluding hydrogens is 338 g/mol. The number of aromatic nitrogens is 4. The molecule has 3 aromatic heterocycles. The standard InChI is InChI=1S/C21H19N5O/c1-2-5-15(6-3-1)20-17(12-23-25-20)14-26-9-8-18-16(13-26)11-22-21(24-18)19-7-4-10-27-19/h1-7,10-12H,8-9,13-14H2,(H,23,25). The second kappa shape index (κ2) is 6.81. The third kappa shape index (κ3) is 3.15. The molecule has 1 aromatic carbocycles. The zero-order chi connectivity index (χ0) is 18.1. The normalized spacial score (nSPS) is 14.2. The molecule has 0 saturated heterocycles. The van der Waals surface area contributed by atoms with E-state index >= 15 is 0 Å². The number of nitrogens with one attached hydrogen (secondary N) is 1. The van der Waals surface area contributed by atoms with Crippen LogP contribution in [0.25, 0.3) is 22.8 Å². The minimum Gasteiger partial charge on any atom is -0.461 e. The molecule has 4 heterocycles. The van der Waals surface area contributed by atoms with Gasteiger partial charge in [-0.25, -0.2) is 9.97 Å². The number of nitrogens with zero attached hydrogens (tertiary/aromatic N) is 4. The van der Waals surface area contributed by atoms with Crippen LogP contribution in [0.2, 0.25) is 0 Å². The maximum absolute atomic E-state index is 5.41. The van der Waals surface area contributed by atoms with Gasteiger partial charge in [0.15, 0.2) is 11.6 Å². The van der Waals surface area contributed by atoms with Gasteiger partial charge in [0.1, 0.15) is 0 Å². The summed E-state index contributed by atoms with van der Waals surface area (Å²) in [6.07, 6.45) is 6.41. The van der Waals surface area contributed by atoms with E-state index in [0.717, 1.165) is 43.0 Å². The minimum absolute atomic E-state index is 0.661. The topological polar surface area (TPSA) is 70.8 Å². The summed E-state index contributed by atoms with van der Waals surface area (Å²) in [5.41, 5.74) is 5.75. The molecule has 27 heavy (non-hydrogen) atoms. The summed E-state index contributed by atoms with van der Waals surface area (Å²) in [4.78, 5) is 11.6. The van der Waals surface area contributed by atoms with Gasteiger partial charge in [0.05, 0.1) is 23.8 Å². The smallest absolute Gasteiger partial charge is 0.195 e. The summed E-state index contributed by atoms with van der Waals surface area (Å²) in [6, 6.07) is 14.1. The zero-order valence-electron chi connectivity index (χ0n) is 14.8. The molecular formula is C21H19N5O. The van der Waals surface area contributed by atoms with Crippen molar-refractivity contribution >= 4 is 0 Å². The molecule has 0 unspecified atom stereocenters. The molecule has 0 bridgehead atoms. The largest absolute Gasteiger partial charge is 0.461 e. The molecule has 134 valence electrons. The molecule has 0 fully saturated rings. The number of hydrogen-bond acceptors (Lipinski definition) is 5. The fraction of sp³-hybridized carbons (Fsp3) is 0.190. The van der Waals surface area contributed by atoms with Gasteiger partial charge >= 0.3 is 0 Å². The SMILES string of the molecule is c1ccc(-c2[nH]ncc2CN2CCc3nc(-c4ccco4)ncc3C2)cc1. The van der Waals surface area contributed by atoms with Crippen molar-refractivity contribution in [2.75, 3.05) is 6.54 Å². The Balaban J connectivity index is 1.35. The van der Waals surface area contributed by atoms with Gasteiger partial charge in [-0.3, -0.25) is 10.00 Å². The Kier molecular flexibility index (Phi) is 4.03. The quantitative estimate of drug-likeness (QED) is 0.603. The predicted molar refractivity (Wildman–Crippen MR) is 102 cm³/mol. The van der Waals surface area contributed by atoms with Crippen molar-refractivity contribution in [3.8, 4) is 22.8 Å². The van der Waals surface area contributed by atoms with Crippen LogP contribution in [0.1, 0.15) is 16.8 Å². The van der Waals surface area contributed by atoms with Crippen molar-refractivity contribution in [2.24, 2.45) is 0 Å². The average molecular weight is 357 g/mol. The van der Waals surface area contributed by atoms with Gasteiger partial charge in [0.2, 0.25) is 0 Å². The second-order valence-corrected chi connectivity index (χ2v) is 6.74. The Morgan fingerprint density at radius 1 is 1.07 bits per heavy atom. The number of furan rings is 1. The molecule has 0 aliphatic carbocycles. The van der Waals surface area contributed by atoms with E-state index in [0.29, 0.717) is 11.6 Å². The number of hydrogen-bond donors (Lipinski definition) is 1. The maximum atomic E-state index is 5.41. The van der Waals surface area contributed by atoms with Crippen molar-refractivity contribution in [2.45, 2.75) is 19.5 Å². The van der Waals surface area contributed by atoms with Gasteiger partial charge in [0.25, 0.3) is 0 Å². The van der Waals surface area contributed by atoms with Crippen LogP contribution in [-0.4, -0.2) is 31.6 Å². The third-order valence-electron chi connectivity index (χ3n) is 4.93. The molecule has 1 aliphatic rings. The molecule has 6 nitrogen and oxygen atoms in total. The fourth-order valence-corrected chi connectivity index (χ4v) is 3.56. The van der Waals surface area contributed by atoms with E-state index < -0.39 is 0 Å². The van der Waals surface area contributed by atoms with Crippen LogP contribution >= 0.6 is 0 Å². The molecule has 0 saturated carbocycles. The lowest BCUT2D eigenvalue weighted by Crippen LogP contribution is -2.31. The van der Waals surface area contributed by atoms with Crippen LogP contribution in [0.4, 0.5) is 0 Å². The molecule has 0 spiro atoms. The van der Waals surface area contributed by atoms with E-state index in [4.69, 9.17) is 9.40 Å². The van der Waals surface area contributed by atoms with Gasteiger partial charge in [-0.1, -0.05) is 30.3 Å². The summed E-state index contributed by atoms with van der Waals surface area (Å²) in [5, 5.41) is 7.40. The monoisotopic (exact) mass is 357 g/mol. The molecule has 0 radical (unpaired) electrons. The van der Waals surface area contributed by atoms with Crippen molar-refractivity contribution in [1.29, 1.82) is 0 Å². The number of fused-ring (bicyclic) bond motifs is 1. The number of aromatic amines is 1. The first kappa shape index (κ1) is 16.0. The first-order valence-electron chi connectivity index (χ1n) is 9.05. The number of benzene rings is 1. The minimum atomic E-state index is 0.661. The van der Waals surface area contributed by atoms with E-state index in [9.17, 15) is 0 Å². The Hall–Kier alpha value is -3.25. The number of H-pyrrole nitrogens is 1. The second-order valence-electron chi connectivity index (χ2n) is 6.74. The lowest BCUT2D eigenvalue weighted by atomic mass is 10.0. The van der Waals surface area contributed by atoms with Gasteiger partial charge in [-0.2, -0.15) is 5.10 Å². The van der Waals surface area contributed by atoms with Crippen LogP contribution in [0, 0.1) is 0 Å². The summed E-state index contributed by atoms with van der Waals surface area (Å²) < 4.78 is 5.41. The van der Waals surface area contributed by atoms with Gasteiger partial charge in [-0.05, 0) is 17.7 Å². The first-order chi connectivity index (χ1) is 13.4. The van der Waals surface area contributed by atoms with Crippen molar-refractivity contribution in [3.63, 3.8) is 0 Å². The van der Waals surface area contributed by atoms with Crippen molar-refractivity contribution in [3.05, 3.63) is 77.9 Å². The Labute approximate surface area is 156 Å². The van der Waals surface area contributed by atoms with E-state index in [1.807, 2.05) is 42.7 Å². The summed E-state index contributed by atoms with van der Waals surface area (Å²) in [6.45, 7) is 2.65. The number of rotatable bonds is 4. The highest BCUT2D eigenvalue weighted by atomic mass is 16.3. The van der Waals surface area contributed by atoms with E-state index in [1.165, 1.54) is 11.1 Å². The average Bonchev–Trinajstić information content (AvgIpc) is 3.40. The van der Waals surface area contributed by atoms with Crippen LogP contribution in [0.3, 0.4) is 0 Å². The summed E-state index contributed by atoms with van der Waals surface area (Å²) in [5.74, 6) is 1.37. The van der Waals surface area contributed by atoms with E-state index in [1.54, 1.807) is 6.26 Å². The van der Waals surface area contributed by atoms with Crippen molar-refractivity contribution in [1.82, 2.24) is 25.1 Å². The fourth-order valence-electron chi connectivity index (χ4n) is 3.56. The molecule has 0 atom stereocenters. The Morgan fingerprint density at radius 3 is 2.85 bits per heavy atom. The zero-order valence-corrected chi connectivity index (χ0v) is 14.8. The van der Waals surface area contributed by atoms with Gasteiger partial charge in [0, 0.05) is 43.4 Å². The van der Waals surface area contributed by atoms with Gasteiger partial charge in [-0.15, -0.1) is 0 Å². The van der Waals surface area contributed by atoms with Gasteiger partial charge < -0.3 is 4.42 Å². The predicted octanol–water partition coefficient (Wildman–Crippen LogP) is 3.69. The molecule has 5 rings (SSSR count). The third-order valence-corrected chi connectivity index (χ3v) is 4.93. The molecule has 0 amide bonds. The highest BCUT2D eigenvalue weighted by molar-refractivity contribution is 5.62. The maximum Gasteiger partial charge on any atom is 0.195 e. The molecule has 4 aromatic rings. The molecule has 1 aliphatic heterocycles. The van der Waals surface area contributed by atoms with Crippen LogP contribution in [-0.2, 0) is 19.5 Å². The molecule has 1 N–H and O–H groups in total. The highest BCUT2D eigenvalue weighted by Gasteiger charge is 2.21. The van der Waals surface area contributed by atoms with Crippen LogP contribution in [0.5, 0.6) is 0 Å². The lowest BCUT2D eigenvalue weighted by molar-refractivity contribution is 0.243. The van der Waals surface area contributed by atoms with Crippen molar-refractivity contribution < 1.29 is 4.42 Å². The van der Waals surface area contributed by atoms with E-state index in [-0.39, 0.29) is 0 Å². The van der Waals surface area contributed by atoms with E-state index in [2.05, 4.69) is 32.2 Å². The summed E-state index contributed by atoms with van der Waals surface area (Å²) in [7, 11) is 0. The van der Waals surface area contributed by atoms with Crippen LogP contribution < -0.4 is 0 Å². The Bertz CT molecular complexity index is 1040.